The summed E-state index contributed by atoms with van der Waals surface area (Å²) < 4.78 is 1.68. The van der Waals surface area contributed by atoms with Gasteiger partial charge in [0.05, 0.1) is 4.92 Å². The zero-order valence-corrected chi connectivity index (χ0v) is 13.1. The maximum absolute atomic E-state index is 11.2. The highest BCUT2D eigenvalue weighted by Gasteiger charge is 2.25. The number of piperidine rings is 1. The van der Waals surface area contributed by atoms with Crippen molar-refractivity contribution >= 4 is 11.5 Å². The van der Waals surface area contributed by atoms with Gasteiger partial charge in [0.1, 0.15) is 5.69 Å². The summed E-state index contributed by atoms with van der Waals surface area (Å²) in [6, 6.07) is 0. The summed E-state index contributed by atoms with van der Waals surface area (Å²) in [6.07, 6.45) is 3.48. The van der Waals surface area contributed by atoms with Gasteiger partial charge in [0.25, 0.3) is 0 Å². The van der Waals surface area contributed by atoms with Gasteiger partial charge in [-0.15, -0.1) is 0 Å². The second-order valence-corrected chi connectivity index (χ2v) is 5.82. The van der Waals surface area contributed by atoms with Crippen molar-refractivity contribution in [2.45, 2.75) is 39.7 Å². The predicted octanol–water partition coefficient (Wildman–Crippen LogP) is 2.26. The maximum atomic E-state index is 11.2. The summed E-state index contributed by atoms with van der Waals surface area (Å²) in [5, 5.41) is 18.6. The molecule has 118 valence electrons. The lowest BCUT2D eigenvalue weighted by atomic mass is 9.94. The molecule has 0 unspecified atom stereocenters. The molecule has 0 saturated carbocycles. The normalized spacial score (nSPS) is 17.1. The van der Waals surface area contributed by atoms with Crippen molar-refractivity contribution in [3.63, 3.8) is 0 Å². The first kappa shape index (κ1) is 15.8. The number of anilines is 1. The first-order valence-electron chi connectivity index (χ1n) is 7.67. The van der Waals surface area contributed by atoms with Gasteiger partial charge in [-0.25, -0.2) is 4.68 Å². The van der Waals surface area contributed by atoms with E-state index in [9.17, 15) is 10.1 Å². The van der Waals surface area contributed by atoms with Gasteiger partial charge in [-0.2, -0.15) is 5.10 Å². The largest absolute Gasteiger partial charge is 0.365 e. The van der Waals surface area contributed by atoms with Gasteiger partial charge in [-0.05, 0) is 59.2 Å². The molecule has 1 N–H and O–H groups in total. The fourth-order valence-corrected chi connectivity index (χ4v) is 2.94. The summed E-state index contributed by atoms with van der Waals surface area (Å²) in [5.74, 6) is 1.26. The summed E-state index contributed by atoms with van der Waals surface area (Å²) in [7, 11) is 2.15. The van der Waals surface area contributed by atoms with Gasteiger partial charge in [0.2, 0.25) is 5.82 Å². The molecule has 0 aliphatic carbocycles. The van der Waals surface area contributed by atoms with Crippen molar-refractivity contribution in [3.05, 3.63) is 15.8 Å². The van der Waals surface area contributed by atoms with Crippen LogP contribution in [-0.4, -0.2) is 46.3 Å². The Hall–Kier alpha value is -1.63. The van der Waals surface area contributed by atoms with Gasteiger partial charge in [-0.1, -0.05) is 0 Å². The van der Waals surface area contributed by atoms with Crippen molar-refractivity contribution in [2.24, 2.45) is 5.92 Å². The number of nitrogens with zero attached hydrogens (tertiary/aromatic N) is 4. The van der Waals surface area contributed by atoms with Crippen LogP contribution in [0.2, 0.25) is 0 Å². The van der Waals surface area contributed by atoms with Crippen molar-refractivity contribution < 1.29 is 4.92 Å². The van der Waals surface area contributed by atoms with Gasteiger partial charge in [0.15, 0.2) is 0 Å². The minimum atomic E-state index is -0.341. The first-order chi connectivity index (χ1) is 10.0. The van der Waals surface area contributed by atoms with Crippen LogP contribution in [-0.2, 0) is 6.54 Å². The van der Waals surface area contributed by atoms with E-state index in [1.54, 1.807) is 11.6 Å². The number of aromatic nitrogens is 2. The van der Waals surface area contributed by atoms with E-state index in [0.717, 1.165) is 26.1 Å². The zero-order valence-electron chi connectivity index (χ0n) is 13.1. The van der Waals surface area contributed by atoms with Crippen LogP contribution in [0.3, 0.4) is 0 Å². The molecule has 0 amide bonds. The molecule has 2 heterocycles. The van der Waals surface area contributed by atoms with E-state index in [0.29, 0.717) is 24.0 Å². The summed E-state index contributed by atoms with van der Waals surface area (Å²) in [4.78, 5) is 13.2. The molecule has 2 rings (SSSR count). The lowest BCUT2D eigenvalue weighted by Crippen LogP contribution is -2.31. The van der Waals surface area contributed by atoms with Crippen LogP contribution >= 0.6 is 0 Å². The molecule has 7 nitrogen and oxygen atoms in total. The highest BCUT2D eigenvalue weighted by molar-refractivity contribution is 5.59. The van der Waals surface area contributed by atoms with Gasteiger partial charge in [0, 0.05) is 13.1 Å². The Balaban J connectivity index is 1.95. The molecule has 1 aromatic heterocycles. The Bertz CT molecular complexity index is 492. The molecule has 1 aliphatic heterocycles. The second-order valence-electron chi connectivity index (χ2n) is 5.82. The number of nitro groups is 1. The van der Waals surface area contributed by atoms with E-state index in [2.05, 4.69) is 22.4 Å². The molecule has 1 fully saturated rings. The third-order valence-electron chi connectivity index (χ3n) is 4.26. The average Bonchev–Trinajstić information content (AvgIpc) is 2.77. The molecular formula is C14H25N5O2. The van der Waals surface area contributed by atoms with E-state index < -0.39 is 0 Å². The van der Waals surface area contributed by atoms with Crippen molar-refractivity contribution in [3.8, 4) is 0 Å². The van der Waals surface area contributed by atoms with Gasteiger partial charge < -0.3 is 10.2 Å². The van der Waals surface area contributed by atoms with E-state index in [1.807, 2.05) is 6.92 Å². The van der Waals surface area contributed by atoms with Gasteiger partial charge >= 0.3 is 5.69 Å². The Morgan fingerprint density at radius 3 is 2.67 bits per heavy atom. The summed E-state index contributed by atoms with van der Waals surface area (Å²) in [5.41, 5.74) is 0.587. The number of rotatable bonds is 6. The molecule has 1 aliphatic rings. The fourth-order valence-electron chi connectivity index (χ4n) is 2.94. The first-order valence-corrected chi connectivity index (χ1v) is 7.67. The molecular weight excluding hydrogens is 270 g/mol. The van der Waals surface area contributed by atoms with Crippen LogP contribution < -0.4 is 5.32 Å². The Morgan fingerprint density at radius 2 is 2.10 bits per heavy atom. The highest BCUT2D eigenvalue weighted by atomic mass is 16.6. The monoisotopic (exact) mass is 295 g/mol. The lowest BCUT2D eigenvalue weighted by Gasteiger charge is -2.28. The Labute approximate surface area is 125 Å². The van der Waals surface area contributed by atoms with Crippen molar-refractivity contribution in [1.29, 1.82) is 0 Å². The van der Waals surface area contributed by atoms with Crippen LogP contribution in [0.5, 0.6) is 0 Å². The molecule has 1 aromatic rings. The van der Waals surface area contributed by atoms with Gasteiger partial charge in [-0.3, -0.25) is 10.1 Å². The van der Waals surface area contributed by atoms with Crippen LogP contribution in [0.4, 0.5) is 11.5 Å². The number of nitrogens with one attached hydrogen (secondary N) is 1. The quantitative estimate of drug-likeness (QED) is 0.643. The topological polar surface area (TPSA) is 76.2 Å². The molecule has 21 heavy (non-hydrogen) atoms. The van der Waals surface area contributed by atoms with Crippen LogP contribution in [0, 0.1) is 23.0 Å². The molecule has 0 atom stereocenters. The maximum Gasteiger partial charge on any atom is 0.333 e. The third-order valence-corrected chi connectivity index (χ3v) is 4.26. The number of hydrogen-bond donors (Lipinski definition) is 1. The minimum absolute atomic E-state index is 0.111. The molecule has 0 spiro atoms. The number of aryl methyl sites for hydroxylation is 2. The van der Waals surface area contributed by atoms with Crippen LogP contribution in [0.1, 0.15) is 31.9 Å². The highest BCUT2D eigenvalue weighted by Crippen LogP contribution is 2.28. The third kappa shape index (κ3) is 3.72. The van der Waals surface area contributed by atoms with Crippen molar-refractivity contribution in [2.75, 3.05) is 32.0 Å². The molecule has 1 saturated heterocycles. The van der Waals surface area contributed by atoms with Crippen molar-refractivity contribution in [1.82, 2.24) is 14.7 Å². The number of likely N-dealkylation sites (tertiary alicyclic amines) is 1. The zero-order chi connectivity index (χ0) is 15.4. The minimum Gasteiger partial charge on any atom is -0.365 e. The van der Waals surface area contributed by atoms with Crippen LogP contribution in [0.15, 0.2) is 0 Å². The molecule has 0 aromatic carbocycles. The lowest BCUT2D eigenvalue weighted by molar-refractivity contribution is -0.384. The molecule has 0 bridgehead atoms. The van der Waals surface area contributed by atoms with E-state index in [-0.39, 0.29) is 10.6 Å². The number of hydrogen-bond acceptors (Lipinski definition) is 5. The molecule has 7 heteroatoms. The molecule has 0 radical (unpaired) electrons. The average molecular weight is 295 g/mol. The fraction of sp³-hybridized carbons (Fsp3) is 0.786. The summed E-state index contributed by atoms with van der Waals surface area (Å²) >= 11 is 0. The SMILES string of the molecule is CCn1nc(C)c([N+](=O)[O-])c1NCCC1CCN(C)CC1. The second kappa shape index (κ2) is 6.89. The van der Waals surface area contributed by atoms with E-state index in [4.69, 9.17) is 0 Å². The smallest absolute Gasteiger partial charge is 0.333 e. The Morgan fingerprint density at radius 1 is 1.43 bits per heavy atom. The predicted molar refractivity (Wildman–Crippen MR) is 82.6 cm³/mol. The summed E-state index contributed by atoms with van der Waals surface area (Å²) in [6.45, 7) is 7.32. The Kier molecular flexibility index (Phi) is 5.17. The standard InChI is InChI=1S/C14H25N5O2/c1-4-18-14(13(19(20)21)11(2)16-18)15-8-5-12-6-9-17(3)10-7-12/h12,15H,4-10H2,1-3H3. The van der Waals surface area contributed by atoms with E-state index in [1.165, 1.54) is 12.8 Å². The van der Waals surface area contributed by atoms with Crippen LogP contribution in [0.25, 0.3) is 0 Å². The van der Waals surface area contributed by atoms with E-state index >= 15 is 0 Å².